The number of urea groups is 1. The van der Waals surface area contributed by atoms with Gasteiger partial charge in [-0.05, 0) is 44.2 Å². The van der Waals surface area contributed by atoms with Gasteiger partial charge in [0, 0.05) is 13.1 Å². The van der Waals surface area contributed by atoms with Crippen LogP contribution in [0, 0.1) is 12.8 Å². The Morgan fingerprint density at radius 1 is 1.08 bits per heavy atom. The van der Waals surface area contributed by atoms with Crippen molar-refractivity contribution in [2.45, 2.75) is 52.6 Å². The van der Waals surface area contributed by atoms with Crippen molar-refractivity contribution in [3.8, 4) is 0 Å². The van der Waals surface area contributed by atoms with Crippen molar-refractivity contribution >= 4 is 11.9 Å². The minimum Gasteiger partial charge on any atom is -0.354 e. The Bertz CT molecular complexity index is 529. The molecule has 0 aromatic heterocycles. The molecule has 0 bridgehead atoms. The highest BCUT2D eigenvalue weighted by Crippen LogP contribution is 2.06. The van der Waals surface area contributed by atoms with Crippen LogP contribution in [0.1, 0.15) is 44.2 Å². The molecule has 0 saturated carbocycles. The summed E-state index contributed by atoms with van der Waals surface area (Å²) < 4.78 is 0. The number of hydrogen-bond donors (Lipinski definition) is 4. The van der Waals surface area contributed by atoms with Crippen molar-refractivity contribution in [1.82, 2.24) is 16.0 Å². The highest BCUT2D eigenvalue weighted by molar-refractivity contribution is 5.86. The van der Waals surface area contributed by atoms with Crippen LogP contribution in [0.5, 0.6) is 0 Å². The predicted molar refractivity (Wildman–Crippen MR) is 101 cm³/mol. The van der Waals surface area contributed by atoms with Gasteiger partial charge in [-0.15, -0.1) is 0 Å². The summed E-state index contributed by atoms with van der Waals surface area (Å²) in [6.45, 7) is 7.70. The van der Waals surface area contributed by atoms with Gasteiger partial charge in [-0.3, -0.25) is 4.79 Å². The van der Waals surface area contributed by atoms with Gasteiger partial charge >= 0.3 is 6.03 Å². The molecule has 0 aliphatic rings. The first-order valence-corrected chi connectivity index (χ1v) is 9.00. The topological polar surface area (TPSA) is 96.2 Å². The summed E-state index contributed by atoms with van der Waals surface area (Å²) in [5.74, 6) is 0.161. The molecule has 6 nitrogen and oxygen atoms in total. The molecular weight excluding hydrogens is 316 g/mol. The molecule has 0 radical (unpaired) electrons. The number of aryl methyl sites for hydroxylation is 1. The van der Waals surface area contributed by atoms with E-state index in [0.29, 0.717) is 32.0 Å². The summed E-state index contributed by atoms with van der Waals surface area (Å²) in [6.07, 6.45) is 2.32. The first kappa shape index (κ1) is 21.0. The second kappa shape index (κ2) is 11.5. The molecule has 5 N–H and O–H groups in total. The van der Waals surface area contributed by atoms with Gasteiger partial charge in [-0.25, -0.2) is 4.79 Å². The maximum absolute atomic E-state index is 12.3. The molecule has 1 aromatic carbocycles. The van der Waals surface area contributed by atoms with Crippen LogP contribution in [0.15, 0.2) is 24.3 Å². The van der Waals surface area contributed by atoms with Gasteiger partial charge in [0.2, 0.25) is 5.91 Å². The Balaban J connectivity index is 2.47. The molecule has 3 amide bonds. The van der Waals surface area contributed by atoms with E-state index in [1.54, 1.807) is 0 Å². The molecule has 0 aliphatic heterocycles. The van der Waals surface area contributed by atoms with Gasteiger partial charge < -0.3 is 21.7 Å². The smallest absolute Gasteiger partial charge is 0.315 e. The van der Waals surface area contributed by atoms with E-state index in [4.69, 9.17) is 5.73 Å². The number of unbranched alkanes of at least 4 members (excludes halogenated alkanes) is 1. The van der Waals surface area contributed by atoms with Crippen molar-refractivity contribution in [1.29, 1.82) is 0 Å². The van der Waals surface area contributed by atoms with E-state index in [9.17, 15) is 9.59 Å². The number of benzene rings is 1. The van der Waals surface area contributed by atoms with Crippen LogP contribution >= 0.6 is 0 Å². The van der Waals surface area contributed by atoms with E-state index >= 15 is 0 Å². The molecule has 0 spiro atoms. The molecule has 0 fully saturated rings. The molecule has 0 heterocycles. The molecule has 0 saturated heterocycles. The molecule has 140 valence electrons. The van der Waals surface area contributed by atoms with Gasteiger partial charge in [0.25, 0.3) is 0 Å². The van der Waals surface area contributed by atoms with Crippen molar-refractivity contribution in [3.63, 3.8) is 0 Å². The molecule has 1 unspecified atom stereocenters. The number of hydrogen-bond acceptors (Lipinski definition) is 3. The number of rotatable bonds is 10. The third-order valence-corrected chi connectivity index (χ3v) is 3.83. The summed E-state index contributed by atoms with van der Waals surface area (Å²) in [5.41, 5.74) is 7.65. The zero-order chi connectivity index (χ0) is 18.7. The van der Waals surface area contributed by atoms with Crippen LogP contribution in [0.4, 0.5) is 4.79 Å². The van der Waals surface area contributed by atoms with Gasteiger partial charge in [-0.1, -0.05) is 43.7 Å². The predicted octanol–water partition coefficient (Wildman–Crippen LogP) is 2.06. The van der Waals surface area contributed by atoms with Gasteiger partial charge in [0.1, 0.15) is 6.04 Å². The second-order valence-electron chi connectivity index (χ2n) is 6.78. The third-order valence-electron chi connectivity index (χ3n) is 3.83. The maximum atomic E-state index is 12.3. The lowest BCUT2D eigenvalue weighted by atomic mass is 10.0. The number of nitrogens with two attached hydrogens (primary N) is 1. The zero-order valence-electron chi connectivity index (χ0n) is 15.6. The van der Waals surface area contributed by atoms with Crippen molar-refractivity contribution < 1.29 is 9.59 Å². The van der Waals surface area contributed by atoms with Crippen LogP contribution in [0.3, 0.4) is 0 Å². The number of nitrogens with one attached hydrogen (secondary N) is 3. The summed E-state index contributed by atoms with van der Waals surface area (Å²) in [7, 11) is 0. The van der Waals surface area contributed by atoms with E-state index in [1.807, 2.05) is 45.0 Å². The standard InChI is InChI=1S/C19H32N4O2/c1-14(2)12-17(18(24)21-11-5-4-10-20)23-19(25)22-13-16-8-6-15(3)7-9-16/h6-9,14,17H,4-5,10-13,20H2,1-3H3,(H,21,24)(H2,22,23,25). The molecular formula is C19H32N4O2. The van der Waals surface area contributed by atoms with Gasteiger partial charge in [0.15, 0.2) is 0 Å². The first-order valence-electron chi connectivity index (χ1n) is 9.00. The van der Waals surface area contributed by atoms with Crippen molar-refractivity contribution in [3.05, 3.63) is 35.4 Å². The van der Waals surface area contributed by atoms with E-state index in [1.165, 1.54) is 5.56 Å². The Hall–Kier alpha value is -2.08. The Morgan fingerprint density at radius 2 is 1.76 bits per heavy atom. The summed E-state index contributed by atoms with van der Waals surface area (Å²) in [6, 6.07) is 7.10. The van der Waals surface area contributed by atoms with E-state index in [-0.39, 0.29) is 11.9 Å². The number of carbonyl (C=O) groups excluding carboxylic acids is 2. The fraction of sp³-hybridized carbons (Fsp3) is 0.579. The van der Waals surface area contributed by atoms with Crippen LogP contribution in [-0.2, 0) is 11.3 Å². The lowest BCUT2D eigenvalue weighted by molar-refractivity contribution is -0.123. The highest BCUT2D eigenvalue weighted by atomic mass is 16.2. The van der Waals surface area contributed by atoms with Crippen LogP contribution in [0.2, 0.25) is 0 Å². The Labute approximate surface area is 150 Å². The molecule has 1 aromatic rings. The van der Waals surface area contributed by atoms with E-state index in [2.05, 4.69) is 16.0 Å². The SMILES string of the molecule is Cc1ccc(CNC(=O)NC(CC(C)C)C(=O)NCCCCN)cc1. The van der Waals surface area contributed by atoms with Gasteiger partial charge in [-0.2, -0.15) is 0 Å². The highest BCUT2D eigenvalue weighted by Gasteiger charge is 2.21. The van der Waals surface area contributed by atoms with Crippen LogP contribution in [0.25, 0.3) is 0 Å². The lowest BCUT2D eigenvalue weighted by Gasteiger charge is -2.20. The minimum atomic E-state index is -0.532. The van der Waals surface area contributed by atoms with E-state index < -0.39 is 6.04 Å². The zero-order valence-corrected chi connectivity index (χ0v) is 15.6. The molecule has 0 aliphatic carbocycles. The molecule has 1 rings (SSSR count). The average Bonchev–Trinajstić information content (AvgIpc) is 2.57. The third kappa shape index (κ3) is 9.10. The monoisotopic (exact) mass is 348 g/mol. The molecule has 1 atom stereocenters. The fourth-order valence-electron chi connectivity index (χ4n) is 2.40. The average molecular weight is 348 g/mol. The van der Waals surface area contributed by atoms with Crippen LogP contribution in [-0.4, -0.2) is 31.1 Å². The Kier molecular flexibility index (Phi) is 9.62. The van der Waals surface area contributed by atoms with Crippen molar-refractivity contribution in [2.75, 3.05) is 13.1 Å². The second-order valence-corrected chi connectivity index (χ2v) is 6.78. The quantitative estimate of drug-likeness (QED) is 0.487. The van der Waals surface area contributed by atoms with Crippen molar-refractivity contribution in [2.24, 2.45) is 11.7 Å². The lowest BCUT2D eigenvalue weighted by Crippen LogP contribution is -2.50. The molecule has 6 heteroatoms. The summed E-state index contributed by atoms with van der Waals surface area (Å²) >= 11 is 0. The summed E-state index contributed by atoms with van der Waals surface area (Å²) in [4.78, 5) is 24.4. The largest absolute Gasteiger partial charge is 0.354 e. The fourth-order valence-corrected chi connectivity index (χ4v) is 2.40. The summed E-state index contributed by atoms with van der Waals surface area (Å²) in [5, 5.41) is 8.46. The van der Waals surface area contributed by atoms with Crippen LogP contribution < -0.4 is 21.7 Å². The number of carbonyl (C=O) groups is 2. The van der Waals surface area contributed by atoms with E-state index in [0.717, 1.165) is 18.4 Å². The first-order chi connectivity index (χ1) is 11.9. The van der Waals surface area contributed by atoms with Gasteiger partial charge in [0.05, 0.1) is 0 Å². The number of amides is 3. The Morgan fingerprint density at radius 3 is 2.36 bits per heavy atom. The molecule has 25 heavy (non-hydrogen) atoms. The maximum Gasteiger partial charge on any atom is 0.315 e. The minimum absolute atomic E-state index is 0.142. The normalized spacial score (nSPS) is 11.9.